The van der Waals surface area contributed by atoms with Gasteiger partial charge in [0.05, 0.1) is 5.69 Å². The van der Waals surface area contributed by atoms with Crippen LogP contribution in [0.3, 0.4) is 0 Å². The molecule has 0 aliphatic carbocycles. The maximum absolute atomic E-state index is 12.1. The number of benzene rings is 2. The van der Waals surface area contributed by atoms with Crippen LogP contribution in [0.2, 0.25) is 0 Å². The molecule has 1 heterocycles. The number of carbonyl (C=O) groups is 2. The third-order valence-corrected chi connectivity index (χ3v) is 3.99. The molecule has 0 bridgehead atoms. The molecular formula is C21H20N2O3. The van der Waals surface area contributed by atoms with Gasteiger partial charge in [0, 0.05) is 24.4 Å². The quantitative estimate of drug-likeness (QED) is 0.664. The van der Waals surface area contributed by atoms with Gasteiger partial charge in [-0.15, -0.1) is 6.58 Å². The minimum atomic E-state index is -0.236. The SMILES string of the molecule is C=CCN1C(=O)COc2cc(NC(=O)/C=C/c3ccc(C)cc3)ccc21. The van der Waals surface area contributed by atoms with Crippen LogP contribution >= 0.6 is 0 Å². The molecule has 5 heteroatoms. The number of nitrogens with zero attached hydrogens (tertiary/aromatic N) is 1. The van der Waals surface area contributed by atoms with Gasteiger partial charge in [0.15, 0.2) is 6.61 Å². The average Bonchev–Trinajstić information content (AvgIpc) is 2.64. The van der Waals surface area contributed by atoms with Crippen molar-refractivity contribution < 1.29 is 14.3 Å². The Morgan fingerprint density at radius 2 is 2.04 bits per heavy atom. The van der Waals surface area contributed by atoms with Crippen LogP contribution in [0.5, 0.6) is 5.75 Å². The summed E-state index contributed by atoms with van der Waals surface area (Å²) in [6, 6.07) is 13.1. The van der Waals surface area contributed by atoms with Gasteiger partial charge < -0.3 is 15.0 Å². The van der Waals surface area contributed by atoms with Gasteiger partial charge in [-0.2, -0.15) is 0 Å². The summed E-state index contributed by atoms with van der Waals surface area (Å²) in [4.78, 5) is 25.7. The predicted octanol–water partition coefficient (Wildman–Crippen LogP) is 3.56. The highest BCUT2D eigenvalue weighted by atomic mass is 16.5. The fourth-order valence-corrected chi connectivity index (χ4v) is 2.64. The van der Waals surface area contributed by atoms with E-state index in [9.17, 15) is 9.59 Å². The molecule has 5 nitrogen and oxygen atoms in total. The van der Waals surface area contributed by atoms with E-state index in [2.05, 4.69) is 11.9 Å². The molecule has 0 unspecified atom stereocenters. The zero-order chi connectivity index (χ0) is 18.5. The minimum Gasteiger partial charge on any atom is -0.481 e. The van der Waals surface area contributed by atoms with Crippen LogP contribution in [0.25, 0.3) is 6.08 Å². The number of nitrogens with one attached hydrogen (secondary N) is 1. The Hall–Kier alpha value is -3.34. The first-order valence-corrected chi connectivity index (χ1v) is 8.30. The Bertz CT molecular complexity index is 869. The van der Waals surface area contributed by atoms with Crippen LogP contribution in [0.15, 0.2) is 61.2 Å². The standard InChI is InChI=1S/C21H20N2O3/c1-3-12-23-18-10-9-17(13-19(18)26-14-21(23)25)22-20(24)11-8-16-6-4-15(2)5-7-16/h3-11,13H,1,12,14H2,2H3,(H,22,24)/b11-8+. The van der Waals surface area contributed by atoms with Gasteiger partial charge in [0.1, 0.15) is 5.75 Å². The minimum absolute atomic E-state index is 0.0223. The number of fused-ring (bicyclic) bond motifs is 1. The molecule has 0 atom stereocenters. The Morgan fingerprint density at radius 1 is 1.27 bits per heavy atom. The van der Waals surface area contributed by atoms with Crippen molar-refractivity contribution >= 4 is 29.3 Å². The van der Waals surface area contributed by atoms with Crippen LogP contribution in [0, 0.1) is 6.92 Å². The zero-order valence-corrected chi connectivity index (χ0v) is 14.6. The lowest BCUT2D eigenvalue weighted by Crippen LogP contribution is -2.38. The second-order valence-electron chi connectivity index (χ2n) is 6.00. The number of rotatable bonds is 5. The van der Waals surface area contributed by atoms with Crippen molar-refractivity contribution in [2.75, 3.05) is 23.4 Å². The van der Waals surface area contributed by atoms with Crippen LogP contribution in [0.4, 0.5) is 11.4 Å². The first kappa shape index (κ1) is 17.5. The molecule has 0 fully saturated rings. The van der Waals surface area contributed by atoms with E-state index in [-0.39, 0.29) is 18.4 Å². The molecule has 132 valence electrons. The topological polar surface area (TPSA) is 58.6 Å². The summed E-state index contributed by atoms with van der Waals surface area (Å²) in [6.45, 7) is 6.08. The summed E-state index contributed by atoms with van der Waals surface area (Å²) in [5.41, 5.74) is 3.41. The predicted molar refractivity (Wildman–Crippen MR) is 103 cm³/mol. The van der Waals surface area contributed by atoms with Gasteiger partial charge in [-0.05, 0) is 30.7 Å². The Kier molecular flexibility index (Phi) is 5.17. The number of amides is 2. The Labute approximate surface area is 152 Å². The van der Waals surface area contributed by atoms with Crippen LogP contribution in [-0.2, 0) is 9.59 Å². The molecule has 1 aliphatic rings. The van der Waals surface area contributed by atoms with Crippen molar-refractivity contribution in [1.29, 1.82) is 0 Å². The van der Waals surface area contributed by atoms with E-state index in [1.54, 1.807) is 35.3 Å². The second kappa shape index (κ2) is 7.70. The fraction of sp³-hybridized carbons (Fsp3) is 0.143. The van der Waals surface area contributed by atoms with E-state index in [0.29, 0.717) is 23.7 Å². The van der Waals surface area contributed by atoms with Gasteiger partial charge in [-0.25, -0.2) is 0 Å². The summed E-state index contributed by atoms with van der Waals surface area (Å²) in [7, 11) is 0. The highest BCUT2D eigenvalue weighted by Gasteiger charge is 2.24. The first-order valence-electron chi connectivity index (χ1n) is 8.30. The van der Waals surface area contributed by atoms with Crippen molar-refractivity contribution in [1.82, 2.24) is 0 Å². The molecule has 0 aromatic heterocycles. The lowest BCUT2D eigenvalue weighted by Gasteiger charge is -2.28. The van der Waals surface area contributed by atoms with Crippen molar-refractivity contribution in [3.63, 3.8) is 0 Å². The summed E-state index contributed by atoms with van der Waals surface area (Å²) in [5, 5.41) is 2.80. The molecule has 2 aromatic rings. The number of hydrogen-bond donors (Lipinski definition) is 1. The fourth-order valence-electron chi connectivity index (χ4n) is 2.64. The van der Waals surface area contributed by atoms with E-state index < -0.39 is 0 Å². The molecule has 0 radical (unpaired) electrons. The first-order chi connectivity index (χ1) is 12.6. The average molecular weight is 348 g/mol. The highest BCUT2D eigenvalue weighted by molar-refractivity contribution is 6.03. The van der Waals surface area contributed by atoms with Crippen LogP contribution < -0.4 is 15.0 Å². The monoisotopic (exact) mass is 348 g/mol. The molecule has 3 rings (SSSR count). The number of aryl methyl sites for hydroxylation is 1. The maximum atomic E-state index is 12.1. The van der Waals surface area contributed by atoms with E-state index in [4.69, 9.17) is 4.74 Å². The summed E-state index contributed by atoms with van der Waals surface area (Å²) >= 11 is 0. The van der Waals surface area contributed by atoms with Gasteiger partial charge in [-0.1, -0.05) is 35.9 Å². The summed E-state index contributed by atoms with van der Waals surface area (Å²) in [6.07, 6.45) is 4.91. The molecule has 2 aromatic carbocycles. The van der Waals surface area contributed by atoms with Gasteiger partial charge in [-0.3, -0.25) is 9.59 Å². The van der Waals surface area contributed by atoms with Gasteiger partial charge in [0.25, 0.3) is 5.91 Å². The smallest absolute Gasteiger partial charge is 0.265 e. The Balaban J connectivity index is 1.70. The molecule has 0 saturated carbocycles. The molecule has 2 amide bonds. The molecule has 1 N–H and O–H groups in total. The van der Waals surface area contributed by atoms with Crippen molar-refractivity contribution in [2.45, 2.75) is 6.92 Å². The maximum Gasteiger partial charge on any atom is 0.265 e. The van der Waals surface area contributed by atoms with E-state index >= 15 is 0 Å². The van der Waals surface area contributed by atoms with Crippen molar-refractivity contribution in [3.8, 4) is 5.75 Å². The lowest BCUT2D eigenvalue weighted by atomic mass is 10.1. The third-order valence-electron chi connectivity index (χ3n) is 3.99. The normalized spacial score (nSPS) is 13.3. The molecule has 26 heavy (non-hydrogen) atoms. The molecule has 0 spiro atoms. The van der Waals surface area contributed by atoms with Crippen molar-refractivity contribution in [2.24, 2.45) is 0 Å². The Morgan fingerprint density at radius 3 is 2.77 bits per heavy atom. The molecule has 0 saturated heterocycles. The lowest BCUT2D eigenvalue weighted by molar-refractivity contribution is -0.121. The number of carbonyl (C=O) groups excluding carboxylic acids is 2. The van der Waals surface area contributed by atoms with Crippen molar-refractivity contribution in [3.05, 3.63) is 72.3 Å². The number of anilines is 2. The summed E-state index contributed by atoms with van der Waals surface area (Å²) in [5.74, 6) is 0.210. The third kappa shape index (κ3) is 4.00. The van der Waals surface area contributed by atoms with Gasteiger partial charge in [0.2, 0.25) is 5.91 Å². The summed E-state index contributed by atoms with van der Waals surface area (Å²) < 4.78 is 5.48. The number of hydrogen-bond acceptors (Lipinski definition) is 3. The van der Waals surface area contributed by atoms with E-state index in [1.807, 2.05) is 31.2 Å². The largest absolute Gasteiger partial charge is 0.481 e. The van der Waals surface area contributed by atoms with Gasteiger partial charge >= 0.3 is 0 Å². The van der Waals surface area contributed by atoms with E-state index in [1.165, 1.54) is 11.6 Å². The second-order valence-corrected chi connectivity index (χ2v) is 6.00. The highest BCUT2D eigenvalue weighted by Crippen LogP contribution is 2.34. The number of ether oxygens (including phenoxy) is 1. The zero-order valence-electron chi connectivity index (χ0n) is 14.6. The molecular weight excluding hydrogens is 328 g/mol. The molecule has 1 aliphatic heterocycles. The van der Waals surface area contributed by atoms with Crippen LogP contribution in [-0.4, -0.2) is 25.0 Å². The van der Waals surface area contributed by atoms with E-state index in [0.717, 1.165) is 5.56 Å². The van der Waals surface area contributed by atoms with Crippen LogP contribution in [0.1, 0.15) is 11.1 Å².